The zero-order valence-electron chi connectivity index (χ0n) is 9.31. The third-order valence-electron chi connectivity index (χ3n) is 3.04. The molecule has 0 saturated heterocycles. The maximum atomic E-state index is 11.6. The number of unbranched alkanes of at least 4 members (excludes halogenated alkanes) is 1. The van der Waals surface area contributed by atoms with Gasteiger partial charge in [0.15, 0.2) is 0 Å². The highest BCUT2D eigenvalue weighted by Gasteiger charge is 2.28. The molecule has 1 saturated carbocycles. The second kappa shape index (κ2) is 6.02. The van der Waals surface area contributed by atoms with E-state index in [0.717, 1.165) is 38.6 Å². The first kappa shape index (κ1) is 11.5. The number of carbonyl (C=O) groups excluding carboxylic acids is 1. The van der Waals surface area contributed by atoms with Gasteiger partial charge in [0, 0.05) is 18.5 Å². The molecule has 2 N–H and O–H groups in total. The van der Waals surface area contributed by atoms with Gasteiger partial charge in [-0.05, 0) is 32.7 Å². The molecule has 3 nitrogen and oxygen atoms in total. The number of hydrogen-bond donors (Lipinski definition) is 2. The van der Waals surface area contributed by atoms with Crippen molar-refractivity contribution in [2.45, 2.75) is 45.1 Å². The summed E-state index contributed by atoms with van der Waals surface area (Å²) in [7, 11) is 1.97. The summed E-state index contributed by atoms with van der Waals surface area (Å²) in [5.74, 6) is 0.514. The molecule has 0 radical (unpaired) electrons. The topological polar surface area (TPSA) is 41.1 Å². The lowest BCUT2D eigenvalue weighted by Gasteiger charge is -2.11. The largest absolute Gasteiger partial charge is 0.356 e. The van der Waals surface area contributed by atoms with Crippen LogP contribution < -0.4 is 10.6 Å². The van der Waals surface area contributed by atoms with Gasteiger partial charge in [-0.1, -0.05) is 13.3 Å². The Morgan fingerprint density at radius 3 is 2.79 bits per heavy atom. The molecule has 0 aromatic rings. The average Bonchev–Trinajstić information content (AvgIpc) is 2.66. The first-order chi connectivity index (χ1) is 6.77. The number of rotatable bonds is 5. The molecule has 1 amide bonds. The summed E-state index contributed by atoms with van der Waals surface area (Å²) in [4.78, 5) is 11.6. The van der Waals surface area contributed by atoms with Crippen molar-refractivity contribution in [1.82, 2.24) is 10.6 Å². The van der Waals surface area contributed by atoms with Gasteiger partial charge in [0.1, 0.15) is 0 Å². The molecule has 2 atom stereocenters. The minimum Gasteiger partial charge on any atom is -0.356 e. The molecule has 3 heteroatoms. The number of carbonyl (C=O) groups is 1. The number of amides is 1. The molecule has 1 aliphatic rings. The van der Waals surface area contributed by atoms with Crippen LogP contribution in [0.25, 0.3) is 0 Å². The van der Waals surface area contributed by atoms with Crippen LogP contribution in [0.3, 0.4) is 0 Å². The Balaban J connectivity index is 2.18. The van der Waals surface area contributed by atoms with E-state index in [1.165, 1.54) is 0 Å². The zero-order valence-corrected chi connectivity index (χ0v) is 9.31. The van der Waals surface area contributed by atoms with Crippen LogP contribution in [0.1, 0.15) is 39.0 Å². The summed E-state index contributed by atoms with van der Waals surface area (Å²) in [5, 5.41) is 6.24. The van der Waals surface area contributed by atoms with Gasteiger partial charge < -0.3 is 10.6 Å². The van der Waals surface area contributed by atoms with Crippen LogP contribution in [0.4, 0.5) is 0 Å². The molecule has 0 aromatic carbocycles. The molecule has 0 heterocycles. The second-order valence-corrected chi connectivity index (χ2v) is 4.14. The SMILES string of the molecule is CCCCNC(=O)[C@H]1CC[C@H](NC)C1. The van der Waals surface area contributed by atoms with E-state index < -0.39 is 0 Å². The van der Waals surface area contributed by atoms with Crippen LogP contribution in [0, 0.1) is 5.92 Å². The fourth-order valence-corrected chi connectivity index (χ4v) is 2.01. The van der Waals surface area contributed by atoms with Gasteiger partial charge >= 0.3 is 0 Å². The van der Waals surface area contributed by atoms with Crippen molar-refractivity contribution >= 4 is 5.91 Å². The van der Waals surface area contributed by atoms with Crippen molar-refractivity contribution in [3.05, 3.63) is 0 Å². The minimum atomic E-state index is 0.254. The third-order valence-corrected chi connectivity index (χ3v) is 3.04. The molecule has 14 heavy (non-hydrogen) atoms. The second-order valence-electron chi connectivity index (χ2n) is 4.14. The van der Waals surface area contributed by atoms with E-state index in [9.17, 15) is 4.79 Å². The maximum absolute atomic E-state index is 11.6. The molecule has 0 aliphatic heterocycles. The summed E-state index contributed by atoms with van der Waals surface area (Å²) < 4.78 is 0. The normalized spacial score (nSPS) is 26.4. The molecule has 1 rings (SSSR count). The van der Waals surface area contributed by atoms with Gasteiger partial charge in [0.25, 0.3) is 0 Å². The van der Waals surface area contributed by atoms with Crippen LogP contribution in [-0.2, 0) is 4.79 Å². The van der Waals surface area contributed by atoms with E-state index in [2.05, 4.69) is 17.6 Å². The average molecular weight is 198 g/mol. The predicted octanol–water partition coefficient (Wildman–Crippen LogP) is 1.29. The molecule has 1 fully saturated rings. The lowest BCUT2D eigenvalue weighted by Crippen LogP contribution is -2.31. The highest BCUT2D eigenvalue weighted by atomic mass is 16.1. The van der Waals surface area contributed by atoms with Crippen LogP contribution in [0.2, 0.25) is 0 Å². The van der Waals surface area contributed by atoms with E-state index in [1.54, 1.807) is 0 Å². The van der Waals surface area contributed by atoms with Crippen LogP contribution >= 0.6 is 0 Å². The Morgan fingerprint density at radius 2 is 2.21 bits per heavy atom. The first-order valence-electron chi connectivity index (χ1n) is 5.73. The molecule has 0 aromatic heterocycles. The Labute approximate surface area is 86.6 Å². The van der Waals surface area contributed by atoms with Crippen molar-refractivity contribution in [2.24, 2.45) is 5.92 Å². The van der Waals surface area contributed by atoms with Crippen molar-refractivity contribution in [2.75, 3.05) is 13.6 Å². The maximum Gasteiger partial charge on any atom is 0.223 e. The van der Waals surface area contributed by atoms with Crippen LogP contribution in [-0.4, -0.2) is 25.5 Å². The Morgan fingerprint density at radius 1 is 1.43 bits per heavy atom. The summed E-state index contributed by atoms with van der Waals surface area (Å²) in [6.45, 7) is 2.98. The van der Waals surface area contributed by atoms with E-state index in [-0.39, 0.29) is 11.8 Å². The Kier molecular flexibility index (Phi) is 4.94. The van der Waals surface area contributed by atoms with Gasteiger partial charge in [-0.25, -0.2) is 0 Å². The van der Waals surface area contributed by atoms with Gasteiger partial charge in [0.05, 0.1) is 0 Å². The lowest BCUT2D eigenvalue weighted by molar-refractivity contribution is -0.124. The summed E-state index contributed by atoms with van der Waals surface area (Å²) >= 11 is 0. The monoisotopic (exact) mass is 198 g/mol. The molecular formula is C11H22N2O. The van der Waals surface area contributed by atoms with E-state index in [1.807, 2.05) is 7.05 Å². The highest BCUT2D eigenvalue weighted by Crippen LogP contribution is 2.25. The molecule has 0 bridgehead atoms. The number of nitrogens with one attached hydrogen (secondary N) is 2. The Hall–Kier alpha value is -0.570. The van der Waals surface area contributed by atoms with Gasteiger partial charge in [-0.3, -0.25) is 4.79 Å². The van der Waals surface area contributed by atoms with Gasteiger partial charge in [-0.15, -0.1) is 0 Å². The molecular weight excluding hydrogens is 176 g/mol. The van der Waals surface area contributed by atoms with Crippen LogP contribution in [0.15, 0.2) is 0 Å². The lowest BCUT2D eigenvalue weighted by atomic mass is 10.1. The van der Waals surface area contributed by atoms with Crippen molar-refractivity contribution < 1.29 is 4.79 Å². The van der Waals surface area contributed by atoms with Gasteiger partial charge in [-0.2, -0.15) is 0 Å². The highest BCUT2D eigenvalue weighted by molar-refractivity contribution is 5.78. The van der Waals surface area contributed by atoms with E-state index in [4.69, 9.17) is 0 Å². The summed E-state index contributed by atoms with van der Waals surface area (Å²) in [6, 6.07) is 0.553. The minimum absolute atomic E-state index is 0.254. The third kappa shape index (κ3) is 3.29. The summed E-state index contributed by atoms with van der Waals surface area (Å²) in [6.07, 6.45) is 5.43. The van der Waals surface area contributed by atoms with Crippen molar-refractivity contribution in [1.29, 1.82) is 0 Å². The van der Waals surface area contributed by atoms with E-state index in [0.29, 0.717) is 6.04 Å². The summed E-state index contributed by atoms with van der Waals surface area (Å²) in [5.41, 5.74) is 0. The molecule has 1 aliphatic carbocycles. The van der Waals surface area contributed by atoms with Crippen molar-refractivity contribution in [3.8, 4) is 0 Å². The Bertz CT molecular complexity index is 182. The van der Waals surface area contributed by atoms with Crippen LogP contribution in [0.5, 0.6) is 0 Å². The molecule has 0 spiro atoms. The number of hydrogen-bond acceptors (Lipinski definition) is 2. The van der Waals surface area contributed by atoms with Gasteiger partial charge in [0.2, 0.25) is 5.91 Å². The fraction of sp³-hybridized carbons (Fsp3) is 0.909. The van der Waals surface area contributed by atoms with Crippen molar-refractivity contribution in [3.63, 3.8) is 0 Å². The quantitative estimate of drug-likeness (QED) is 0.654. The smallest absolute Gasteiger partial charge is 0.223 e. The predicted molar refractivity (Wildman–Crippen MR) is 58.1 cm³/mol. The fourth-order valence-electron chi connectivity index (χ4n) is 2.01. The molecule has 0 unspecified atom stereocenters. The zero-order chi connectivity index (χ0) is 10.4. The molecule has 82 valence electrons. The standard InChI is InChI=1S/C11H22N2O/c1-3-4-7-13-11(14)9-5-6-10(8-9)12-2/h9-10,12H,3-8H2,1-2H3,(H,13,14)/t9-,10-/m0/s1. The first-order valence-corrected chi connectivity index (χ1v) is 5.73. The van der Waals surface area contributed by atoms with E-state index >= 15 is 0 Å².